The van der Waals surface area contributed by atoms with Crippen molar-refractivity contribution in [2.24, 2.45) is 11.7 Å². The summed E-state index contributed by atoms with van der Waals surface area (Å²) in [5.74, 6) is -1.65. The van der Waals surface area contributed by atoms with Crippen molar-refractivity contribution in [2.45, 2.75) is 12.3 Å². The Labute approximate surface area is 72.2 Å². The van der Waals surface area contributed by atoms with E-state index >= 15 is 0 Å². The molecule has 3 N–H and O–H groups in total. The van der Waals surface area contributed by atoms with Crippen LogP contribution in [0, 0.1) is 5.92 Å². The fourth-order valence-corrected chi connectivity index (χ4v) is 1.25. The molecule has 0 aliphatic carbocycles. The summed E-state index contributed by atoms with van der Waals surface area (Å²) in [6.07, 6.45) is -6.73. The molecular weight excluding hydrogens is 189 g/mol. The van der Waals surface area contributed by atoms with Gasteiger partial charge in [0.2, 0.25) is 0 Å². The molecule has 2 atom stereocenters. The number of ether oxygens (including phenoxy) is 1. The zero-order valence-corrected chi connectivity index (χ0v) is 6.60. The molecule has 0 aromatic carbocycles. The lowest BCUT2D eigenvalue weighted by atomic mass is 10.1. The number of carbonyl (C=O) groups is 1. The first-order valence-electron chi connectivity index (χ1n) is 3.65. The average Bonchev–Trinajstić information content (AvgIpc) is 2.31. The molecule has 0 saturated carbocycles. The van der Waals surface area contributed by atoms with E-state index in [-0.39, 0.29) is 13.1 Å². The SMILES string of the molecule is NC(=O)OC1CNCC1C(F)(F)F. The van der Waals surface area contributed by atoms with Crippen molar-refractivity contribution in [3.63, 3.8) is 0 Å². The monoisotopic (exact) mass is 198 g/mol. The van der Waals surface area contributed by atoms with Crippen molar-refractivity contribution in [2.75, 3.05) is 13.1 Å². The van der Waals surface area contributed by atoms with Crippen LogP contribution in [-0.2, 0) is 4.74 Å². The van der Waals surface area contributed by atoms with Crippen LogP contribution in [0.5, 0.6) is 0 Å². The second-order valence-corrected chi connectivity index (χ2v) is 2.78. The Morgan fingerprint density at radius 1 is 1.46 bits per heavy atom. The summed E-state index contributed by atoms with van der Waals surface area (Å²) in [7, 11) is 0. The first-order valence-corrected chi connectivity index (χ1v) is 3.65. The maximum absolute atomic E-state index is 12.2. The highest BCUT2D eigenvalue weighted by Crippen LogP contribution is 2.31. The molecule has 0 bridgehead atoms. The Morgan fingerprint density at radius 2 is 2.08 bits per heavy atom. The quantitative estimate of drug-likeness (QED) is 0.634. The number of nitrogens with one attached hydrogen (secondary N) is 1. The van der Waals surface area contributed by atoms with Gasteiger partial charge in [-0.05, 0) is 0 Å². The van der Waals surface area contributed by atoms with E-state index in [1.54, 1.807) is 0 Å². The molecule has 1 fully saturated rings. The van der Waals surface area contributed by atoms with Crippen molar-refractivity contribution in [3.8, 4) is 0 Å². The predicted octanol–water partition coefficient (Wildman–Crippen LogP) is 0.232. The molecule has 7 heteroatoms. The van der Waals surface area contributed by atoms with Gasteiger partial charge in [-0.1, -0.05) is 0 Å². The molecule has 0 aromatic heterocycles. The van der Waals surface area contributed by atoms with Crippen LogP contribution in [0.25, 0.3) is 0 Å². The van der Waals surface area contributed by atoms with Crippen molar-refractivity contribution in [1.29, 1.82) is 0 Å². The number of rotatable bonds is 1. The third kappa shape index (κ3) is 2.48. The molecule has 0 radical (unpaired) electrons. The number of primary amides is 1. The van der Waals surface area contributed by atoms with Gasteiger partial charge in [0.1, 0.15) is 12.0 Å². The lowest BCUT2D eigenvalue weighted by Gasteiger charge is -2.20. The minimum absolute atomic E-state index is 0.00683. The zero-order chi connectivity index (χ0) is 10.1. The second-order valence-electron chi connectivity index (χ2n) is 2.78. The van der Waals surface area contributed by atoms with Gasteiger partial charge >= 0.3 is 12.3 Å². The van der Waals surface area contributed by atoms with Gasteiger partial charge in [0.05, 0.1) is 0 Å². The van der Waals surface area contributed by atoms with Gasteiger partial charge in [0.15, 0.2) is 0 Å². The predicted molar refractivity (Wildman–Crippen MR) is 36.9 cm³/mol. The van der Waals surface area contributed by atoms with Gasteiger partial charge in [0, 0.05) is 13.1 Å². The molecule has 1 saturated heterocycles. The number of alkyl halides is 3. The Morgan fingerprint density at radius 3 is 2.54 bits per heavy atom. The first kappa shape index (κ1) is 10.1. The number of hydrogen-bond acceptors (Lipinski definition) is 3. The minimum Gasteiger partial charge on any atom is -0.444 e. The molecule has 4 nitrogen and oxygen atoms in total. The number of nitrogens with two attached hydrogens (primary N) is 1. The van der Waals surface area contributed by atoms with Crippen molar-refractivity contribution >= 4 is 6.09 Å². The normalized spacial score (nSPS) is 28.8. The van der Waals surface area contributed by atoms with Gasteiger partial charge in [-0.3, -0.25) is 0 Å². The Kier molecular flexibility index (Phi) is 2.65. The van der Waals surface area contributed by atoms with Crippen molar-refractivity contribution in [1.82, 2.24) is 5.32 Å². The summed E-state index contributed by atoms with van der Waals surface area (Å²) in [5.41, 5.74) is 4.62. The molecule has 1 rings (SSSR count). The Hall–Kier alpha value is -0.980. The zero-order valence-electron chi connectivity index (χ0n) is 6.60. The van der Waals surface area contributed by atoms with E-state index < -0.39 is 24.3 Å². The van der Waals surface area contributed by atoms with Gasteiger partial charge in [-0.2, -0.15) is 13.2 Å². The third-order valence-corrected chi connectivity index (χ3v) is 1.85. The summed E-state index contributed by atoms with van der Waals surface area (Å²) >= 11 is 0. The lowest BCUT2D eigenvalue weighted by Crippen LogP contribution is -2.37. The van der Waals surface area contributed by atoms with Crippen molar-refractivity contribution in [3.05, 3.63) is 0 Å². The topological polar surface area (TPSA) is 64.4 Å². The molecule has 1 amide bonds. The Bertz CT molecular complexity index is 207. The summed E-state index contributed by atoms with van der Waals surface area (Å²) in [6.45, 7) is -0.242. The van der Waals surface area contributed by atoms with Crippen LogP contribution in [-0.4, -0.2) is 31.5 Å². The Balaban J connectivity index is 2.59. The van der Waals surface area contributed by atoms with Crippen LogP contribution in [0.1, 0.15) is 0 Å². The molecule has 0 spiro atoms. The molecule has 1 aliphatic heterocycles. The molecule has 1 aliphatic rings. The van der Waals surface area contributed by atoms with Crippen LogP contribution in [0.4, 0.5) is 18.0 Å². The maximum Gasteiger partial charge on any atom is 0.404 e. The molecule has 13 heavy (non-hydrogen) atoms. The van der Waals surface area contributed by atoms with E-state index in [0.29, 0.717) is 0 Å². The van der Waals surface area contributed by atoms with Crippen LogP contribution in [0.15, 0.2) is 0 Å². The van der Waals surface area contributed by atoms with Crippen LogP contribution in [0.3, 0.4) is 0 Å². The van der Waals surface area contributed by atoms with Crippen LogP contribution in [0.2, 0.25) is 0 Å². The van der Waals surface area contributed by atoms with Crippen LogP contribution < -0.4 is 11.1 Å². The summed E-state index contributed by atoms with van der Waals surface area (Å²) in [4.78, 5) is 10.2. The van der Waals surface area contributed by atoms with E-state index in [1.807, 2.05) is 0 Å². The van der Waals surface area contributed by atoms with E-state index in [0.717, 1.165) is 0 Å². The molecular formula is C6H9F3N2O2. The maximum atomic E-state index is 12.2. The van der Waals surface area contributed by atoms with Crippen LogP contribution >= 0.6 is 0 Å². The molecule has 2 unspecified atom stereocenters. The number of hydrogen-bond donors (Lipinski definition) is 2. The van der Waals surface area contributed by atoms with Gasteiger partial charge < -0.3 is 15.8 Å². The van der Waals surface area contributed by atoms with E-state index in [9.17, 15) is 18.0 Å². The summed E-state index contributed by atoms with van der Waals surface area (Å²) in [6, 6.07) is 0. The average molecular weight is 198 g/mol. The fourth-order valence-electron chi connectivity index (χ4n) is 1.25. The number of amides is 1. The molecule has 76 valence electrons. The largest absolute Gasteiger partial charge is 0.444 e. The lowest BCUT2D eigenvalue weighted by molar-refractivity contribution is -0.187. The van der Waals surface area contributed by atoms with Gasteiger partial charge in [0.25, 0.3) is 0 Å². The standard InChI is InChI=1S/C6H9F3N2O2/c7-6(8,9)3-1-11-2-4(3)13-5(10)12/h3-4,11H,1-2H2,(H2,10,12). The van der Waals surface area contributed by atoms with Crippen molar-refractivity contribution < 1.29 is 22.7 Å². The highest BCUT2D eigenvalue weighted by atomic mass is 19.4. The summed E-state index contributed by atoms with van der Waals surface area (Å²) in [5, 5.41) is 2.48. The first-order chi connectivity index (χ1) is 5.91. The number of carbonyl (C=O) groups excluding carboxylic acids is 1. The molecule has 1 heterocycles. The highest BCUT2D eigenvalue weighted by molar-refractivity contribution is 5.64. The molecule has 0 aromatic rings. The second kappa shape index (κ2) is 3.41. The number of halogens is 3. The van der Waals surface area contributed by atoms with E-state index in [4.69, 9.17) is 0 Å². The van der Waals surface area contributed by atoms with E-state index in [1.165, 1.54) is 0 Å². The highest BCUT2D eigenvalue weighted by Gasteiger charge is 2.48. The third-order valence-electron chi connectivity index (χ3n) is 1.85. The van der Waals surface area contributed by atoms with Gasteiger partial charge in [-0.25, -0.2) is 4.79 Å². The summed E-state index contributed by atoms with van der Waals surface area (Å²) < 4.78 is 40.9. The minimum atomic E-state index is -4.36. The van der Waals surface area contributed by atoms with E-state index in [2.05, 4.69) is 15.8 Å². The smallest absolute Gasteiger partial charge is 0.404 e. The fraction of sp³-hybridized carbons (Fsp3) is 0.833. The van der Waals surface area contributed by atoms with Gasteiger partial charge in [-0.15, -0.1) is 0 Å².